The normalized spacial score (nSPS) is 10.5. The Bertz CT molecular complexity index is 652. The minimum absolute atomic E-state index is 0.0101. The number of rotatable bonds is 3. The molecule has 0 unspecified atom stereocenters. The first-order valence-corrected chi connectivity index (χ1v) is 6.60. The van der Waals surface area contributed by atoms with Gasteiger partial charge in [0.05, 0.1) is 5.56 Å². The van der Waals surface area contributed by atoms with Gasteiger partial charge in [-0.1, -0.05) is 11.8 Å². The van der Waals surface area contributed by atoms with E-state index in [4.69, 9.17) is 5.11 Å². The Labute approximate surface area is 119 Å². The minimum atomic E-state index is -1.14. The van der Waals surface area contributed by atoms with Gasteiger partial charge in [-0.3, -0.25) is 0 Å². The number of nitrogens with zero attached hydrogens (tertiary/aromatic N) is 1. The third-order valence-corrected chi connectivity index (χ3v) is 3.60. The predicted molar refractivity (Wildman–Crippen MR) is 69.4 cm³/mol. The zero-order chi connectivity index (χ0) is 14.0. The fraction of sp³-hybridized carbons (Fsp3) is 0. The molecule has 0 saturated heterocycles. The van der Waals surface area contributed by atoms with Crippen molar-refractivity contribution in [2.45, 2.75) is 9.92 Å². The zero-order valence-corrected chi connectivity index (χ0v) is 11.6. The summed E-state index contributed by atoms with van der Waals surface area (Å²) in [4.78, 5) is 15.4. The van der Waals surface area contributed by atoms with Crippen molar-refractivity contribution in [2.75, 3.05) is 0 Å². The number of aromatic nitrogens is 1. The molecule has 2 aromatic rings. The van der Waals surface area contributed by atoms with E-state index in [-0.39, 0.29) is 10.6 Å². The first kappa shape index (κ1) is 14.0. The third-order valence-electron chi connectivity index (χ3n) is 2.15. The second-order valence-electron chi connectivity index (χ2n) is 3.49. The Kier molecular flexibility index (Phi) is 4.16. The Balaban J connectivity index is 2.37. The molecule has 1 aromatic heterocycles. The number of hydrogen-bond acceptors (Lipinski definition) is 3. The lowest BCUT2D eigenvalue weighted by Gasteiger charge is -2.05. The van der Waals surface area contributed by atoms with Crippen LogP contribution in [0.4, 0.5) is 8.78 Å². The molecule has 19 heavy (non-hydrogen) atoms. The largest absolute Gasteiger partial charge is 0.478 e. The Hall–Kier alpha value is -1.47. The van der Waals surface area contributed by atoms with Crippen molar-refractivity contribution >= 4 is 33.7 Å². The average Bonchev–Trinajstić information content (AvgIpc) is 2.36. The van der Waals surface area contributed by atoms with Gasteiger partial charge in [0.25, 0.3) is 0 Å². The molecule has 1 heterocycles. The summed E-state index contributed by atoms with van der Waals surface area (Å²) < 4.78 is 26.4. The molecule has 0 bridgehead atoms. The highest BCUT2D eigenvalue weighted by molar-refractivity contribution is 9.10. The van der Waals surface area contributed by atoms with E-state index in [1.165, 1.54) is 18.3 Å². The molecule has 0 aliphatic carbocycles. The van der Waals surface area contributed by atoms with Gasteiger partial charge in [-0.05, 0) is 40.2 Å². The fourth-order valence-electron chi connectivity index (χ4n) is 1.31. The fourth-order valence-corrected chi connectivity index (χ4v) is 2.53. The van der Waals surface area contributed by atoms with Crippen LogP contribution in [0.3, 0.4) is 0 Å². The summed E-state index contributed by atoms with van der Waals surface area (Å²) in [6.07, 6.45) is 1.44. The van der Waals surface area contributed by atoms with Gasteiger partial charge in [-0.15, -0.1) is 0 Å². The standard InChI is InChI=1S/C12H6BrF2NO2S/c13-6-3-8(12(17)18)11(16-5-6)19-7-1-2-9(14)10(15)4-7/h1-5H,(H,17,18). The van der Waals surface area contributed by atoms with Crippen LogP contribution in [-0.4, -0.2) is 16.1 Å². The van der Waals surface area contributed by atoms with Crippen molar-refractivity contribution in [2.24, 2.45) is 0 Å². The molecule has 0 fully saturated rings. The van der Waals surface area contributed by atoms with Crippen LogP contribution in [0.5, 0.6) is 0 Å². The van der Waals surface area contributed by atoms with E-state index in [0.29, 0.717) is 9.37 Å². The molecule has 0 radical (unpaired) electrons. The van der Waals surface area contributed by atoms with Gasteiger partial charge in [-0.25, -0.2) is 18.6 Å². The van der Waals surface area contributed by atoms with E-state index in [1.54, 1.807) is 0 Å². The van der Waals surface area contributed by atoms with Crippen LogP contribution in [0.2, 0.25) is 0 Å². The van der Waals surface area contributed by atoms with Gasteiger partial charge in [-0.2, -0.15) is 0 Å². The molecule has 98 valence electrons. The van der Waals surface area contributed by atoms with Crippen LogP contribution < -0.4 is 0 Å². The van der Waals surface area contributed by atoms with Gasteiger partial charge < -0.3 is 5.11 Å². The second kappa shape index (κ2) is 5.66. The Morgan fingerprint density at radius 2 is 2.00 bits per heavy atom. The monoisotopic (exact) mass is 345 g/mol. The van der Waals surface area contributed by atoms with E-state index < -0.39 is 17.6 Å². The highest BCUT2D eigenvalue weighted by Gasteiger charge is 2.14. The first-order chi connectivity index (χ1) is 8.97. The number of hydrogen-bond donors (Lipinski definition) is 1. The Morgan fingerprint density at radius 1 is 1.26 bits per heavy atom. The summed E-state index contributed by atoms with van der Waals surface area (Å²) in [6.45, 7) is 0. The number of benzene rings is 1. The third kappa shape index (κ3) is 3.30. The lowest BCUT2D eigenvalue weighted by atomic mass is 10.3. The van der Waals surface area contributed by atoms with Crippen molar-refractivity contribution in [3.63, 3.8) is 0 Å². The van der Waals surface area contributed by atoms with Crippen molar-refractivity contribution in [1.29, 1.82) is 0 Å². The van der Waals surface area contributed by atoms with E-state index in [0.717, 1.165) is 23.9 Å². The predicted octanol–water partition coefficient (Wildman–Crippen LogP) is 3.97. The number of carbonyl (C=O) groups is 1. The summed E-state index contributed by atoms with van der Waals surface area (Å²) in [6, 6.07) is 4.74. The molecule has 3 nitrogen and oxygen atoms in total. The summed E-state index contributed by atoms with van der Waals surface area (Å²) in [5.74, 6) is -3.08. The van der Waals surface area contributed by atoms with Gasteiger partial charge in [0, 0.05) is 15.6 Å². The highest BCUT2D eigenvalue weighted by atomic mass is 79.9. The van der Waals surface area contributed by atoms with Gasteiger partial charge >= 0.3 is 5.97 Å². The maximum atomic E-state index is 13.1. The minimum Gasteiger partial charge on any atom is -0.478 e. The second-order valence-corrected chi connectivity index (χ2v) is 5.47. The van der Waals surface area contributed by atoms with E-state index in [1.807, 2.05) is 0 Å². The Morgan fingerprint density at radius 3 is 2.63 bits per heavy atom. The van der Waals surface area contributed by atoms with Crippen LogP contribution in [0.15, 0.2) is 44.9 Å². The van der Waals surface area contributed by atoms with Crippen molar-refractivity contribution < 1.29 is 18.7 Å². The quantitative estimate of drug-likeness (QED) is 0.914. The molecule has 0 amide bonds. The number of carboxylic acid groups (broad SMARTS) is 1. The summed E-state index contributed by atoms with van der Waals surface area (Å²) in [7, 11) is 0. The molecular weight excluding hydrogens is 340 g/mol. The number of aromatic carboxylic acids is 1. The molecule has 0 aliphatic rings. The summed E-state index contributed by atoms with van der Waals surface area (Å²) in [5, 5.41) is 9.27. The van der Waals surface area contributed by atoms with E-state index in [2.05, 4.69) is 20.9 Å². The van der Waals surface area contributed by atoms with Crippen molar-refractivity contribution in [1.82, 2.24) is 4.98 Å². The summed E-state index contributed by atoms with van der Waals surface area (Å²) >= 11 is 4.08. The van der Waals surface area contributed by atoms with E-state index in [9.17, 15) is 13.6 Å². The zero-order valence-electron chi connectivity index (χ0n) is 9.23. The van der Waals surface area contributed by atoms with Crippen molar-refractivity contribution in [3.05, 3.63) is 52.1 Å². The highest BCUT2D eigenvalue weighted by Crippen LogP contribution is 2.30. The van der Waals surface area contributed by atoms with Gasteiger partial charge in [0.15, 0.2) is 11.6 Å². The smallest absolute Gasteiger partial charge is 0.338 e. The van der Waals surface area contributed by atoms with Crippen LogP contribution in [-0.2, 0) is 0 Å². The lowest BCUT2D eigenvalue weighted by Crippen LogP contribution is -2.00. The lowest BCUT2D eigenvalue weighted by molar-refractivity contribution is 0.0692. The van der Waals surface area contributed by atoms with Gasteiger partial charge in [0.2, 0.25) is 0 Å². The molecule has 1 aromatic carbocycles. The van der Waals surface area contributed by atoms with E-state index >= 15 is 0 Å². The van der Waals surface area contributed by atoms with Crippen LogP contribution in [0.25, 0.3) is 0 Å². The SMILES string of the molecule is O=C(O)c1cc(Br)cnc1Sc1ccc(F)c(F)c1. The first-order valence-electron chi connectivity index (χ1n) is 4.99. The summed E-state index contributed by atoms with van der Waals surface area (Å²) in [5.41, 5.74) is -0.0101. The van der Waals surface area contributed by atoms with Crippen LogP contribution >= 0.6 is 27.7 Å². The molecule has 1 N–H and O–H groups in total. The average molecular weight is 346 g/mol. The molecule has 0 saturated carbocycles. The molecular formula is C12H6BrF2NO2S. The maximum Gasteiger partial charge on any atom is 0.338 e. The van der Waals surface area contributed by atoms with Crippen molar-refractivity contribution in [3.8, 4) is 0 Å². The maximum absolute atomic E-state index is 13.1. The molecule has 7 heteroatoms. The number of halogens is 3. The molecule has 0 aliphatic heterocycles. The van der Waals surface area contributed by atoms with Gasteiger partial charge in [0.1, 0.15) is 5.03 Å². The van der Waals surface area contributed by atoms with Crippen LogP contribution in [0, 0.1) is 11.6 Å². The molecule has 0 atom stereocenters. The van der Waals surface area contributed by atoms with Crippen LogP contribution in [0.1, 0.15) is 10.4 Å². The number of pyridine rings is 1. The topological polar surface area (TPSA) is 50.2 Å². The number of carboxylic acids is 1. The molecule has 2 rings (SSSR count). The molecule has 0 spiro atoms.